The zero-order valence-corrected chi connectivity index (χ0v) is 9.31. The lowest BCUT2D eigenvalue weighted by atomic mass is 10.1. The van der Waals surface area contributed by atoms with Gasteiger partial charge in [0.05, 0.1) is 12.2 Å². The minimum Gasteiger partial charge on any atom is -0.503 e. The number of hydrogen-bond acceptors (Lipinski definition) is 5. The van der Waals surface area contributed by atoms with Crippen molar-refractivity contribution in [2.24, 2.45) is 0 Å². The number of benzene rings is 1. The first-order valence-corrected chi connectivity index (χ1v) is 4.89. The van der Waals surface area contributed by atoms with Crippen LogP contribution in [0.4, 0.5) is 8.78 Å². The van der Waals surface area contributed by atoms with E-state index in [9.17, 15) is 18.7 Å². The van der Waals surface area contributed by atoms with E-state index in [1.165, 1.54) is 0 Å². The third kappa shape index (κ3) is 2.85. The van der Waals surface area contributed by atoms with Crippen molar-refractivity contribution >= 4 is 5.97 Å². The van der Waals surface area contributed by atoms with Crippen LogP contribution >= 0.6 is 0 Å². The summed E-state index contributed by atoms with van der Waals surface area (Å²) in [7, 11) is 0. The number of carbonyl (C=O) groups is 1. The molecule has 1 aromatic carbocycles. The summed E-state index contributed by atoms with van der Waals surface area (Å²) in [5.41, 5.74) is -0.676. The van der Waals surface area contributed by atoms with Gasteiger partial charge in [0.1, 0.15) is 11.6 Å². The Morgan fingerprint density at radius 3 is 2.72 bits per heavy atom. The van der Waals surface area contributed by atoms with Gasteiger partial charge in [-0.3, -0.25) is 0 Å². The molecule has 0 saturated carbocycles. The Labute approximate surface area is 101 Å². The average molecular weight is 257 g/mol. The largest absolute Gasteiger partial charge is 0.503 e. The molecular formula is C11H9F2NO4. The molecule has 0 aliphatic heterocycles. The maximum absolute atomic E-state index is 12.0. The topological polar surface area (TPSA) is 79.6 Å². The average Bonchev–Trinajstić information content (AvgIpc) is 2.31. The Morgan fingerprint density at radius 2 is 2.22 bits per heavy atom. The van der Waals surface area contributed by atoms with Gasteiger partial charge in [-0.25, -0.2) is 4.79 Å². The van der Waals surface area contributed by atoms with Gasteiger partial charge >= 0.3 is 12.6 Å². The number of phenolic OH excluding ortho intramolecular Hbond substituents is 1. The lowest BCUT2D eigenvalue weighted by molar-refractivity contribution is -0.0512. The van der Waals surface area contributed by atoms with Crippen LogP contribution in [0.5, 0.6) is 11.5 Å². The molecule has 96 valence electrons. The third-order valence-electron chi connectivity index (χ3n) is 1.96. The number of rotatable bonds is 4. The molecule has 0 amide bonds. The predicted molar refractivity (Wildman–Crippen MR) is 55.4 cm³/mol. The third-order valence-corrected chi connectivity index (χ3v) is 1.96. The van der Waals surface area contributed by atoms with Crippen LogP contribution in [-0.2, 0) is 4.74 Å². The minimum absolute atomic E-state index is 0.0831. The second kappa shape index (κ2) is 5.82. The Balaban J connectivity index is 3.21. The van der Waals surface area contributed by atoms with Gasteiger partial charge < -0.3 is 14.6 Å². The van der Waals surface area contributed by atoms with E-state index in [0.29, 0.717) is 0 Å². The van der Waals surface area contributed by atoms with Crippen LogP contribution in [0, 0.1) is 11.3 Å². The Bertz CT molecular complexity index is 497. The van der Waals surface area contributed by atoms with Crippen molar-refractivity contribution in [1.82, 2.24) is 0 Å². The highest BCUT2D eigenvalue weighted by atomic mass is 19.3. The Kier molecular flexibility index (Phi) is 4.43. The summed E-state index contributed by atoms with van der Waals surface area (Å²) in [5.74, 6) is -2.22. The van der Waals surface area contributed by atoms with Gasteiger partial charge in [-0.15, -0.1) is 0 Å². The molecule has 0 spiro atoms. The summed E-state index contributed by atoms with van der Waals surface area (Å²) >= 11 is 0. The van der Waals surface area contributed by atoms with Crippen LogP contribution < -0.4 is 4.74 Å². The van der Waals surface area contributed by atoms with E-state index in [1.807, 2.05) is 0 Å². The van der Waals surface area contributed by atoms with Gasteiger partial charge in [0.25, 0.3) is 0 Å². The van der Waals surface area contributed by atoms with Crippen LogP contribution in [0.2, 0.25) is 0 Å². The first-order valence-electron chi connectivity index (χ1n) is 4.89. The number of ether oxygens (including phenoxy) is 2. The van der Waals surface area contributed by atoms with Crippen LogP contribution in [0.25, 0.3) is 0 Å². The van der Waals surface area contributed by atoms with E-state index in [0.717, 1.165) is 12.1 Å². The van der Waals surface area contributed by atoms with E-state index in [4.69, 9.17) is 5.26 Å². The molecule has 0 atom stereocenters. The molecule has 1 N–H and O–H groups in total. The highest BCUT2D eigenvalue weighted by Crippen LogP contribution is 2.33. The van der Waals surface area contributed by atoms with Crippen molar-refractivity contribution in [2.45, 2.75) is 13.5 Å². The normalized spacial score (nSPS) is 9.94. The molecule has 1 rings (SSSR count). The second-order valence-corrected chi connectivity index (χ2v) is 3.05. The Hall–Kier alpha value is -2.36. The van der Waals surface area contributed by atoms with Gasteiger partial charge in [-0.2, -0.15) is 14.0 Å². The van der Waals surface area contributed by atoms with Crippen molar-refractivity contribution in [3.63, 3.8) is 0 Å². The second-order valence-electron chi connectivity index (χ2n) is 3.05. The first kappa shape index (κ1) is 13.7. The summed E-state index contributed by atoms with van der Waals surface area (Å²) in [4.78, 5) is 11.4. The van der Waals surface area contributed by atoms with Gasteiger partial charge in [-0.1, -0.05) is 0 Å². The maximum atomic E-state index is 12.0. The van der Waals surface area contributed by atoms with Crippen molar-refractivity contribution in [3.05, 3.63) is 23.3 Å². The number of carbonyl (C=O) groups excluding carboxylic acids is 1. The summed E-state index contributed by atoms with van der Waals surface area (Å²) < 4.78 is 32.7. The SMILES string of the molecule is CCOC(=O)c1ccc(OC(F)F)c(O)c1C#N. The summed E-state index contributed by atoms with van der Waals surface area (Å²) in [6, 6.07) is 3.59. The number of phenols is 1. The molecule has 0 radical (unpaired) electrons. The fourth-order valence-electron chi connectivity index (χ4n) is 1.26. The molecular weight excluding hydrogens is 248 g/mol. The Morgan fingerprint density at radius 1 is 1.56 bits per heavy atom. The number of alkyl halides is 2. The first-order chi connectivity index (χ1) is 8.51. The molecule has 5 nitrogen and oxygen atoms in total. The lowest BCUT2D eigenvalue weighted by Gasteiger charge is -2.10. The minimum atomic E-state index is -3.14. The fourth-order valence-corrected chi connectivity index (χ4v) is 1.26. The molecule has 0 fully saturated rings. The highest BCUT2D eigenvalue weighted by Gasteiger charge is 2.20. The molecule has 18 heavy (non-hydrogen) atoms. The maximum Gasteiger partial charge on any atom is 0.387 e. The van der Waals surface area contributed by atoms with E-state index >= 15 is 0 Å². The zero-order chi connectivity index (χ0) is 13.7. The van der Waals surface area contributed by atoms with Gasteiger partial charge in [0.2, 0.25) is 0 Å². The fraction of sp³-hybridized carbons (Fsp3) is 0.273. The molecule has 0 aliphatic rings. The zero-order valence-electron chi connectivity index (χ0n) is 9.31. The molecule has 0 saturated heterocycles. The van der Waals surface area contributed by atoms with Crippen LogP contribution in [-0.4, -0.2) is 24.3 Å². The lowest BCUT2D eigenvalue weighted by Crippen LogP contribution is -2.08. The summed E-state index contributed by atoms with van der Waals surface area (Å²) in [5, 5.41) is 18.4. The number of nitriles is 1. The molecule has 1 aromatic rings. The monoisotopic (exact) mass is 257 g/mol. The molecule has 0 aliphatic carbocycles. The highest BCUT2D eigenvalue weighted by molar-refractivity contribution is 5.93. The van der Waals surface area contributed by atoms with Gasteiger partial charge in [0.15, 0.2) is 11.5 Å². The van der Waals surface area contributed by atoms with E-state index in [-0.39, 0.29) is 12.2 Å². The summed E-state index contributed by atoms with van der Waals surface area (Å²) in [6.45, 7) is -1.49. The van der Waals surface area contributed by atoms with E-state index < -0.39 is 29.6 Å². The number of hydrogen-bond donors (Lipinski definition) is 1. The number of esters is 1. The predicted octanol–water partition coefficient (Wildman–Crippen LogP) is 2.04. The van der Waals surface area contributed by atoms with Crippen molar-refractivity contribution < 1.29 is 28.2 Å². The van der Waals surface area contributed by atoms with Gasteiger partial charge in [0, 0.05) is 0 Å². The standard InChI is InChI=1S/C11H9F2NO4/c1-2-17-10(16)6-3-4-8(18-11(12)13)9(15)7(6)5-14/h3-4,11,15H,2H2,1H3. The van der Waals surface area contributed by atoms with Crippen molar-refractivity contribution in [2.75, 3.05) is 6.61 Å². The molecule has 0 heterocycles. The number of nitrogens with zero attached hydrogens (tertiary/aromatic N) is 1. The van der Waals surface area contributed by atoms with Crippen molar-refractivity contribution in [3.8, 4) is 17.6 Å². The smallest absolute Gasteiger partial charge is 0.387 e. The molecule has 0 bridgehead atoms. The van der Waals surface area contributed by atoms with E-state index in [1.54, 1.807) is 13.0 Å². The molecule has 0 unspecified atom stereocenters. The summed E-state index contributed by atoms with van der Waals surface area (Å²) in [6.07, 6.45) is 0. The van der Waals surface area contributed by atoms with Gasteiger partial charge in [-0.05, 0) is 19.1 Å². The van der Waals surface area contributed by atoms with Crippen LogP contribution in [0.3, 0.4) is 0 Å². The van der Waals surface area contributed by atoms with Crippen molar-refractivity contribution in [1.29, 1.82) is 5.26 Å². The quantitative estimate of drug-likeness (QED) is 0.835. The molecule has 0 aromatic heterocycles. The van der Waals surface area contributed by atoms with Crippen LogP contribution in [0.15, 0.2) is 12.1 Å². The van der Waals surface area contributed by atoms with Crippen LogP contribution in [0.1, 0.15) is 22.8 Å². The number of aromatic hydroxyl groups is 1. The molecule has 7 heteroatoms. The number of halogens is 2. The van der Waals surface area contributed by atoms with E-state index in [2.05, 4.69) is 9.47 Å².